The summed E-state index contributed by atoms with van der Waals surface area (Å²) >= 11 is 0. The van der Waals surface area contributed by atoms with Gasteiger partial charge in [0.2, 0.25) is 5.95 Å². The van der Waals surface area contributed by atoms with Crippen LogP contribution < -0.4 is 5.32 Å². The van der Waals surface area contributed by atoms with Crippen LogP contribution in [-0.4, -0.2) is 24.7 Å². The van der Waals surface area contributed by atoms with Crippen molar-refractivity contribution in [3.63, 3.8) is 0 Å². The van der Waals surface area contributed by atoms with Crippen molar-refractivity contribution in [3.8, 4) is 0 Å². The third-order valence-corrected chi connectivity index (χ3v) is 4.61. The minimum absolute atomic E-state index is 0.269. The fourth-order valence-corrected chi connectivity index (χ4v) is 3.27. The Balaban J connectivity index is 1.46. The summed E-state index contributed by atoms with van der Waals surface area (Å²) in [7, 11) is 0. The quantitative estimate of drug-likeness (QED) is 0.461. The van der Waals surface area contributed by atoms with Crippen molar-refractivity contribution in [1.29, 1.82) is 0 Å². The summed E-state index contributed by atoms with van der Waals surface area (Å²) in [5, 5.41) is 9.07. The number of pyridine rings is 1. The Labute approximate surface area is 163 Å². The van der Waals surface area contributed by atoms with Crippen molar-refractivity contribution in [2.24, 2.45) is 0 Å². The van der Waals surface area contributed by atoms with E-state index in [1.165, 1.54) is 30.7 Å². The van der Waals surface area contributed by atoms with E-state index in [1.807, 2.05) is 28.9 Å². The third kappa shape index (κ3) is 3.36. The molecule has 3 heterocycles. The molecule has 5 aromatic rings. The normalized spacial score (nSPS) is 11.2. The summed E-state index contributed by atoms with van der Waals surface area (Å²) in [6.45, 7) is 0.469. The number of benzene rings is 2. The Morgan fingerprint density at radius 2 is 1.86 bits per heavy atom. The zero-order valence-corrected chi connectivity index (χ0v) is 15.0. The molecule has 142 valence electrons. The molecule has 2 aromatic carbocycles. The molecule has 3 aromatic heterocycles. The number of nitrogens with zero attached hydrogens (tertiary/aromatic N) is 5. The standard InChI is InChI=1S/C21H14F2N6/c22-15-3-1-2-13(6-15)11-29-19-5-4-16(7-14(19)9-27-29)28-21-17-8-20(23)24-10-18(17)25-12-26-21/h1-10,12H,11H2,(H,25,26,28). The van der Waals surface area contributed by atoms with Gasteiger partial charge in [0, 0.05) is 22.5 Å². The monoisotopic (exact) mass is 388 g/mol. The van der Waals surface area contributed by atoms with Crippen LogP contribution in [0.25, 0.3) is 21.8 Å². The van der Waals surface area contributed by atoms with E-state index in [1.54, 1.807) is 12.3 Å². The second-order valence-electron chi connectivity index (χ2n) is 6.58. The maximum absolute atomic E-state index is 13.5. The molecule has 8 heteroatoms. The van der Waals surface area contributed by atoms with Crippen LogP contribution in [0.4, 0.5) is 20.3 Å². The molecule has 0 bridgehead atoms. The minimum Gasteiger partial charge on any atom is -0.340 e. The number of fused-ring (bicyclic) bond motifs is 2. The first kappa shape index (κ1) is 17.2. The highest BCUT2D eigenvalue weighted by atomic mass is 19.1. The van der Waals surface area contributed by atoms with Crippen molar-refractivity contribution in [3.05, 3.63) is 84.6 Å². The molecule has 0 unspecified atom stereocenters. The highest BCUT2D eigenvalue weighted by molar-refractivity contribution is 5.91. The van der Waals surface area contributed by atoms with Crippen LogP contribution in [0.3, 0.4) is 0 Å². The van der Waals surface area contributed by atoms with Gasteiger partial charge in [0.15, 0.2) is 0 Å². The van der Waals surface area contributed by atoms with Crippen molar-refractivity contribution >= 4 is 33.3 Å². The number of aromatic nitrogens is 5. The lowest BCUT2D eigenvalue weighted by atomic mass is 10.2. The topological polar surface area (TPSA) is 68.5 Å². The maximum atomic E-state index is 13.5. The zero-order chi connectivity index (χ0) is 19.8. The fourth-order valence-electron chi connectivity index (χ4n) is 3.27. The molecule has 0 aliphatic rings. The second kappa shape index (κ2) is 6.90. The van der Waals surface area contributed by atoms with Crippen LogP contribution in [0.2, 0.25) is 0 Å². The molecular weight excluding hydrogens is 374 g/mol. The summed E-state index contributed by atoms with van der Waals surface area (Å²) in [5.41, 5.74) is 3.08. The molecule has 5 rings (SSSR count). The third-order valence-electron chi connectivity index (χ3n) is 4.61. The minimum atomic E-state index is -0.593. The second-order valence-corrected chi connectivity index (χ2v) is 6.58. The molecule has 6 nitrogen and oxygen atoms in total. The molecule has 0 saturated carbocycles. The van der Waals surface area contributed by atoms with E-state index in [-0.39, 0.29) is 5.82 Å². The molecule has 0 radical (unpaired) electrons. The fraction of sp³-hybridized carbons (Fsp3) is 0.0476. The lowest BCUT2D eigenvalue weighted by Crippen LogP contribution is -2.01. The molecule has 0 amide bonds. The van der Waals surface area contributed by atoms with Gasteiger partial charge in [-0.25, -0.2) is 19.3 Å². The average Bonchev–Trinajstić information content (AvgIpc) is 3.10. The highest BCUT2D eigenvalue weighted by Crippen LogP contribution is 2.26. The van der Waals surface area contributed by atoms with E-state index in [0.29, 0.717) is 23.3 Å². The molecular formula is C21H14F2N6. The predicted molar refractivity (Wildman–Crippen MR) is 106 cm³/mol. The van der Waals surface area contributed by atoms with Crippen LogP contribution in [0.5, 0.6) is 0 Å². The van der Waals surface area contributed by atoms with Gasteiger partial charge >= 0.3 is 0 Å². The molecule has 0 fully saturated rings. The highest BCUT2D eigenvalue weighted by Gasteiger charge is 2.09. The lowest BCUT2D eigenvalue weighted by Gasteiger charge is -2.09. The van der Waals surface area contributed by atoms with E-state index < -0.39 is 5.95 Å². The maximum Gasteiger partial charge on any atom is 0.213 e. The SMILES string of the molecule is Fc1cccc(Cn2ncc3cc(Nc4ncnc5cnc(F)cc45)ccc32)c1. The first-order valence-electron chi connectivity index (χ1n) is 8.89. The molecule has 0 aliphatic carbocycles. The lowest BCUT2D eigenvalue weighted by molar-refractivity contribution is 0.586. The number of hydrogen-bond donors (Lipinski definition) is 1. The van der Waals surface area contributed by atoms with Crippen molar-refractivity contribution in [2.45, 2.75) is 6.54 Å². The van der Waals surface area contributed by atoms with Gasteiger partial charge in [-0.05, 0) is 35.9 Å². The largest absolute Gasteiger partial charge is 0.340 e. The van der Waals surface area contributed by atoms with E-state index in [2.05, 4.69) is 25.4 Å². The molecule has 0 saturated heterocycles. The number of rotatable bonds is 4. The van der Waals surface area contributed by atoms with E-state index in [4.69, 9.17) is 0 Å². The summed E-state index contributed by atoms with van der Waals surface area (Å²) in [6.07, 6.45) is 4.53. The van der Waals surface area contributed by atoms with Crippen LogP contribution in [0.1, 0.15) is 5.56 Å². The van der Waals surface area contributed by atoms with Crippen LogP contribution >= 0.6 is 0 Å². The summed E-state index contributed by atoms with van der Waals surface area (Å²) in [6, 6.07) is 13.5. The summed E-state index contributed by atoms with van der Waals surface area (Å²) in [4.78, 5) is 11.9. The number of nitrogens with one attached hydrogen (secondary N) is 1. The number of halogens is 2. The Morgan fingerprint density at radius 3 is 2.76 bits per heavy atom. The zero-order valence-electron chi connectivity index (χ0n) is 15.0. The van der Waals surface area contributed by atoms with Crippen molar-refractivity contribution < 1.29 is 8.78 Å². The summed E-state index contributed by atoms with van der Waals surface area (Å²) < 4.78 is 28.8. The molecule has 1 N–H and O–H groups in total. The molecule has 0 atom stereocenters. The Morgan fingerprint density at radius 1 is 0.931 bits per heavy atom. The summed E-state index contributed by atoms with van der Waals surface area (Å²) in [5.74, 6) is -0.374. The van der Waals surface area contributed by atoms with Gasteiger partial charge in [-0.3, -0.25) is 4.68 Å². The molecule has 29 heavy (non-hydrogen) atoms. The van der Waals surface area contributed by atoms with Crippen LogP contribution in [0.15, 0.2) is 67.3 Å². The van der Waals surface area contributed by atoms with Gasteiger partial charge in [0.25, 0.3) is 0 Å². The van der Waals surface area contributed by atoms with Gasteiger partial charge in [0.05, 0.1) is 30.0 Å². The van der Waals surface area contributed by atoms with Gasteiger partial charge in [-0.1, -0.05) is 12.1 Å². The van der Waals surface area contributed by atoms with E-state index >= 15 is 0 Å². The molecule has 0 aliphatic heterocycles. The van der Waals surface area contributed by atoms with Crippen LogP contribution in [-0.2, 0) is 6.54 Å². The van der Waals surface area contributed by atoms with Crippen molar-refractivity contribution in [1.82, 2.24) is 24.7 Å². The van der Waals surface area contributed by atoms with E-state index in [9.17, 15) is 8.78 Å². The van der Waals surface area contributed by atoms with Gasteiger partial charge in [-0.15, -0.1) is 0 Å². The van der Waals surface area contributed by atoms with Crippen LogP contribution in [0, 0.1) is 11.8 Å². The Kier molecular flexibility index (Phi) is 4.09. The first-order valence-corrected chi connectivity index (χ1v) is 8.89. The van der Waals surface area contributed by atoms with Gasteiger partial charge in [-0.2, -0.15) is 9.49 Å². The predicted octanol–water partition coefficient (Wildman–Crippen LogP) is 4.44. The Bertz CT molecular complexity index is 1350. The smallest absolute Gasteiger partial charge is 0.213 e. The average molecular weight is 388 g/mol. The number of anilines is 2. The van der Waals surface area contributed by atoms with Gasteiger partial charge < -0.3 is 5.32 Å². The van der Waals surface area contributed by atoms with Gasteiger partial charge in [0.1, 0.15) is 18.0 Å². The first-order chi connectivity index (χ1) is 14.2. The van der Waals surface area contributed by atoms with E-state index in [0.717, 1.165) is 22.2 Å². The number of hydrogen-bond acceptors (Lipinski definition) is 5. The Hall–Kier alpha value is -3.94. The van der Waals surface area contributed by atoms with Crippen molar-refractivity contribution in [2.75, 3.05) is 5.32 Å². The molecule has 0 spiro atoms.